The van der Waals surface area contributed by atoms with Crippen molar-refractivity contribution in [3.8, 4) is 23.0 Å². The van der Waals surface area contributed by atoms with E-state index in [0.717, 1.165) is 5.56 Å². The maximum atomic E-state index is 9.68. The predicted molar refractivity (Wildman–Crippen MR) is 87.2 cm³/mol. The van der Waals surface area contributed by atoms with Gasteiger partial charge in [0.2, 0.25) is 0 Å². The minimum absolute atomic E-state index is 0.0591. The molecule has 0 bridgehead atoms. The first-order valence-corrected chi connectivity index (χ1v) is 7.50. The topological polar surface area (TPSA) is 99.4 Å². The third kappa shape index (κ3) is 3.15. The van der Waals surface area contributed by atoms with E-state index in [1.54, 1.807) is 30.4 Å². The van der Waals surface area contributed by atoms with Crippen molar-refractivity contribution in [3.63, 3.8) is 0 Å². The second-order valence-electron chi connectivity index (χ2n) is 5.42. The number of benzene rings is 2. The molecule has 24 heavy (non-hydrogen) atoms. The molecular formula is C18H18O6. The molecule has 2 aromatic carbocycles. The largest absolute Gasteiger partial charge is 0.504 e. The highest BCUT2D eigenvalue weighted by Crippen LogP contribution is 2.41. The Kier molecular flexibility index (Phi) is 4.59. The van der Waals surface area contributed by atoms with Crippen LogP contribution in [0, 0.1) is 0 Å². The van der Waals surface area contributed by atoms with Crippen molar-refractivity contribution in [1.82, 2.24) is 0 Å². The highest BCUT2D eigenvalue weighted by molar-refractivity contribution is 5.56. The van der Waals surface area contributed by atoms with Crippen LogP contribution in [0.15, 0.2) is 42.5 Å². The Labute approximate surface area is 138 Å². The van der Waals surface area contributed by atoms with Crippen LogP contribution < -0.4 is 9.47 Å². The molecule has 0 aromatic heterocycles. The molecule has 1 aliphatic heterocycles. The standard InChI is InChI=1S/C18H18O6/c19-7-1-2-11-3-6-15-16(8-11)24-18(17(10-20)23-15)12-4-5-13(21)14(22)9-12/h1-6,8-9,17-22H,7,10H2/t17-,18-/m0/s1. The Balaban J connectivity index is 1.94. The van der Waals surface area contributed by atoms with Gasteiger partial charge in [-0.2, -0.15) is 0 Å². The first kappa shape index (κ1) is 16.2. The van der Waals surface area contributed by atoms with Crippen molar-refractivity contribution in [2.24, 2.45) is 0 Å². The van der Waals surface area contributed by atoms with Gasteiger partial charge in [0, 0.05) is 5.56 Å². The second kappa shape index (κ2) is 6.82. The van der Waals surface area contributed by atoms with Crippen LogP contribution in [0.5, 0.6) is 23.0 Å². The minimum Gasteiger partial charge on any atom is -0.504 e. The number of fused-ring (bicyclic) bond motifs is 1. The van der Waals surface area contributed by atoms with Crippen LogP contribution in [0.25, 0.3) is 6.08 Å². The van der Waals surface area contributed by atoms with Gasteiger partial charge >= 0.3 is 0 Å². The molecule has 3 rings (SSSR count). The quantitative estimate of drug-likeness (QED) is 0.640. The first-order chi connectivity index (χ1) is 11.6. The highest BCUT2D eigenvalue weighted by atomic mass is 16.6. The van der Waals surface area contributed by atoms with Crippen molar-refractivity contribution in [2.45, 2.75) is 12.2 Å². The second-order valence-corrected chi connectivity index (χ2v) is 5.42. The molecule has 0 radical (unpaired) electrons. The number of hydrogen-bond donors (Lipinski definition) is 4. The van der Waals surface area contributed by atoms with E-state index >= 15 is 0 Å². The SMILES string of the molecule is OCC=Cc1ccc2c(c1)O[C@@H](c1ccc(O)c(O)c1)[C@H](CO)O2. The van der Waals surface area contributed by atoms with Crippen molar-refractivity contribution >= 4 is 6.08 Å². The maximum Gasteiger partial charge on any atom is 0.163 e. The summed E-state index contributed by atoms with van der Waals surface area (Å²) in [5.41, 5.74) is 1.41. The van der Waals surface area contributed by atoms with Gasteiger partial charge in [-0.15, -0.1) is 0 Å². The van der Waals surface area contributed by atoms with Crippen LogP contribution in [0.2, 0.25) is 0 Å². The van der Waals surface area contributed by atoms with Gasteiger partial charge in [0.05, 0.1) is 13.2 Å². The molecule has 1 aliphatic rings. The Morgan fingerprint density at radius 1 is 0.917 bits per heavy atom. The summed E-state index contributed by atoms with van der Waals surface area (Å²) in [6, 6.07) is 9.66. The van der Waals surface area contributed by atoms with E-state index in [4.69, 9.17) is 14.6 Å². The molecule has 126 valence electrons. The van der Waals surface area contributed by atoms with E-state index in [2.05, 4.69) is 0 Å². The summed E-state index contributed by atoms with van der Waals surface area (Å²) in [5.74, 6) is 0.512. The number of aromatic hydroxyl groups is 2. The molecule has 6 heteroatoms. The van der Waals surface area contributed by atoms with Crippen molar-refractivity contribution in [2.75, 3.05) is 13.2 Å². The number of aliphatic hydroxyl groups is 2. The number of hydrogen-bond acceptors (Lipinski definition) is 6. The summed E-state index contributed by atoms with van der Waals surface area (Å²) < 4.78 is 11.7. The summed E-state index contributed by atoms with van der Waals surface area (Å²) >= 11 is 0. The number of rotatable bonds is 4. The molecule has 0 saturated heterocycles. The molecule has 0 saturated carbocycles. The first-order valence-electron chi connectivity index (χ1n) is 7.50. The molecule has 0 aliphatic carbocycles. The van der Waals surface area contributed by atoms with E-state index in [1.165, 1.54) is 12.1 Å². The van der Waals surface area contributed by atoms with E-state index in [0.29, 0.717) is 17.1 Å². The molecule has 0 unspecified atom stereocenters. The third-order valence-corrected chi connectivity index (χ3v) is 3.76. The molecule has 0 spiro atoms. The predicted octanol–water partition coefficient (Wildman–Crippen LogP) is 1.98. The van der Waals surface area contributed by atoms with E-state index in [1.807, 2.05) is 6.07 Å². The van der Waals surface area contributed by atoms with Crippen LogP contribution in [-0.2, 0) is 0 Å². The molecule has 0 amide bonds. The molecule has 2 atom stereocenters. The lowest BCUT2D eigenvalue weighted by molar-refractivity contribution is -0.0124. The zero-order chi connectivity index (χ0) is 17.1. The fourth-order valence-electron chi connectivity index (χ4n) is 2.58. The van der Waals surface area contributed by atoms with Crippen molar-refractivity contribution < 1.29 is 29.9 Å². The van der Waals surface area contributed by atoms with E-state index < -0.39 is 12.2 Å². The number of phenols is 2. The zero-order valence-electron chi connectivity index (χ0n) is 12.8. The fourth-order valence-corrected chi connectivity index (χ4v) is 2.58. The van der Waals surface area contributed by atoms with Gasteiger partial charge in [-0.3, -0.25) is 0 Å². The van der Waals surface area contributed by atoms with Gasteiger partial charge in [0.1, 0.15) is 0 Å². The van der Waals surface area contributed by atoms with Gasteiger partial charge in [-0.05, 0) is 29.8 Å². The number of phenolic OH excluding ortho intramolecular Hbond substituents is 2. The van der Waals surface area contributed by atoms with Gasteiger partial charge in [0.25, 0.3) is 0 Å². The van der Waals surface area contributed by atoms with Crippen LogP contribution in [-0.4, -0.2) is 39.7 Å². The number of aliphatic hydroxyl groups excluding tert-OH is 2. The molecule has 2 aromatic rings. The lowest BCUT2D eigenvalue weighted by atomic mass is 10.0. The van der Waals surface area contributed by atoms with Gasteiger partial charge < -0.3 is 29.9 Å². The van der Waals surface area contributed by atoms with Gasteiger partial charge in [-0.1, -0.05) is 24.3 Å². The van der Waals surface area contributed by atoms with Crippen molar-refractivity contribution in [1.29, 1.82) is 0 Å². The van der Waals surface area contributed by atoms with E-state index in [-0.39, 0.29) is 24.7 Å². The summed E-state index contributed by atoms with van der Waals surface area (Å²) in [5, 5.41) is 37.6. The highest BCUT2D eigenvalue weighted by Gasteiger charge is 2.33. The lowest BCUT2D eigenvalue weighted by Gasteiger charge is -2.33. The Morgan fingerprint density at radius 3 is 2.46 bits per heavy atom. The Bertz CT molecular complexity index is 755. The number of ether oxygens (including phenoxy) is 2. The molecule has 0 fully saturated rings. The minimum atomic E-state index is -0.639. The Morgan fingerprint density at radius 2 is 1.75 bits per heavy atom. The average Bonchev–Trinajstić information content (AvgIpc) is 2.61. The van der Waals surface area contributed by atoms with E-state index in [9.17, 15) is 15.3 Å². The molecule has 1 heterocycles. The van der Waals surface area contributed by atoms with Crippen LogP contribution >= 0.6 is 0 Å². The fraction of sp³-hybridized carbons (Fsp3) is 0.222. The molecule has 4 N–H and O–H groups in total. The van der Waals surface area contributed by atoms with Crippen LogP contribution in [0.1, 0.15) is 17.2 Å². The van der Waals surface area contributed by atoms with Gasteiger partial charge in [0.15, 0.2) is 35.2 Å². The summed E-state index contributed by atoms with van der Waals surface area (Å²) in [6.45, 7) is -0.325. The average molecular weight is 330 g/mol. The summed E-state index contributed by atoms with van der Waals surface area (Å²) in [6.07, 6.45) is 2.09. The van der Waals surface area contributed by atoms with Gasteiger partial charge in [-0.25, -0.2) is 0 Å². The lowest BCUT2D eigenvalue weighted by Crippen LogP contribution is -2.36. The zero-order valence-corrected chi connectivity index (χ0v) is 12.8. The maximum absolute atomic E-state index is 9.68. The normalized spacial score (nSPS) is 19.6. The smallest absolute Gasteiger partial charge is 0.163 e. The third-order valence-electron chi connectivity index (χ3n) is 3.76. The monoisotopic (exact) mass is 330 g/mol. The van der Waals surface area contributed by atoms with Crippen LogP contribution in [0.3, 0.4) is 0 Å². The van der Waals surface area contributed by atoms with Crippen molar-refractivity contribution in [3.05, 3.63) is 53.6 Å². The summed E-state index contributed by atoms with van der Waals surface area (Å²) in [4.78, 5) is 0. The van der Waals surface area contributed by atoms with Crippen LogP contribution in [0.4, 0.5) is 0 Å². The summed E-state index contributed by atoms with van der Waals surface area (Å²) in [7, 11) is 0. The Hall–Kier alpha value is -2.70. The molecule has 6 nitrogen and oxygen atoms in total. The molecular weight excluding hydrogens is 312 g/mol.